The summed E-state index contributed by atoms with van der Waals surface area (Å²) in [7, 11) is 0. The van der Waals surface area contributed by atoms with Crippen LogP contribution in [0.1, 0.15) is 111 Å². The topological polar surface area (TPSA) is 17.1 Å². The van der Waals surface area contributed by atoms with Crippen LogP contribution >= 0.6 is 0 Å². The monoisotopic (exact) mass is 296 g/mol. The van der Waals surface area contributed by atoms with Crippen LogP contribution < -0.4 is 0 Å². The van der Waals surface area contributed by atoms with Crippen molar-refractivity contribution in [1.29, 1.82) is 0 Å². The van der Waals surface area contributed by atoms with Gasteiger partial charge in [-0.05, 0) is 25.2 Å². The molecular formula is C20H40O. The molecule has 0 heterocycles. The van der Waals surface area contributed by atoms with Crippen LogP contribution in [0.3, 0.4) is 0 Å². The lowest BCUT2D eigenvalue weighted by molar-refractivity contribution is -0.117. The van der Waals surface area contributed by atoms with Gasteiger partial charge in [0.15, 0.2) is 0 Å². The van der Waals surface area contributed by atoms with E-state index in [0.29, 0.717) is 5.78 Å². The molecule has 0 N–H and O–H groups in total. The number of Topliss-reactive ketones (excluding diaryl/α,β-unsaturated/α-hetero) is 1. The molecule has 0 aromatic heterocycles. The summed E-state index contributed by atoms with van der Waals surface area (Å²) in [6.07, 6.45) is 17.1. The van der Waals surface area contributed by atoms with Crippen molar-refractivity contribution < 1.29 is 4.79 Å². The van der Waals surface area contributed by atoms with Crippen LogP contribution in [0.4, 0.5) is 0 Å². The Bertz CT molecular complexity index is 234. The molecule has 1 nitrogen and oxygen atoms in total. The zero-order chi connectivity index (χ0) is 15.9. The van der Waals surface area contributed by atoms with Gasteiger partial charge in [-0.1, -0.05) is 91.4 Å². The summed E-state index contributed by atoms with van der Waals surface area (Å²) in [5.41, 5.74) is 0. The highest BCUT2D eigenvalue weighted by atomic mass is 16.1. The van der Waals surface area contributed by atoms with Gasteiger partial charge in [0.05, 0.1) is 0 Å². The summed E-state index contributed by atoms with van der Waals surface area (Å²) < 4.78 is 0. The molecule has 0 aromatic carbocycles. The summed E-state index contributed by atoms with van der Waals surface area (Å²) in [6.45, 7) is 8.75. The second-order valence-electron chi connectivity index (χ2n) is 7.29. The molecule has 1 heteroatoms. The highest BCUT2D eigenvalue weighted by Crippen LogP contribution is 2.19. The first kappa shape index (κ1) is 20.7. The predicted octanol–water partition coefficient (Wildman–Crippen LogP) is 6.94. The van der Waals surface area contributed by atoms with Crippen LogP contribution in [0.5, 0.6) is 0 Å². The van der Waals surface area contributed by atoms with Crippen LogP contribution in [0, 0.1) is 11.8 Å². The van der Waals surface area contributed by atoms with Crippen LogP contribution in [0.2, 0.25) is 0 Å². The van der Waals surface area contributed by atoms with Gasteiger partial charge in [0.25, 0.3) is 0 Å². The fourth-order valence-corrected chi connectivity index (χ4v) is 3.06. The van der Waals surface area contributed by atoms with Crippen molar-refractivity contribution in [2.24, 2.45) is 11.8 Å². The van der Waals surface area contributed by atoms with E-state index in [9.17, 15) is 4.79 Å². The third-order valence-electron chi connectivity index (χ3n) is 4.67. The van der Waals surface area contributed by atoms with E-state index in [1.165, 1.54) is 70.6 Å². The number of carbonyl (C=O) groups excluding carboxylic acids is 1. The molecule has 0 aromatic rings. The van der Waals surface area contributed by atoms with E-state index < -0.39 is 0 Å². The lowest BCUT2D eigenvalue weighted by Crippen LogP contribution is -1.98. The molecule has 0 fully saturated rings. The predicted molar refractivity (Wildman–Crippen MR) is 94.7 cm³/mol. The first-order valence-corrected chi connectivity index (χ1v) is 9.55. The smallest absolute Gasteiger partial charge is 0.129 e. The van der Waals surface area contributed by atoms with Crippen molar-refractivity contribution in [2.75, 3.05) is 0 Å². The van der Waals surface area contributed by atoms with E-state index in [1.807, 2.05) is 0 Å². The Hall–Kier alpha value is -0.330. The van der Waals surface area contributed by atoms with Crippen LogP contribution in [0.15, 0.2) is 0 Å². The first-order valence-electron chi connectivity index (χ1n) is 9.55. The minimum absolute atomic E-state index is 0.343. The van der Waals surface area contributed by atoms with Gasteiger partial charge in [-0.3, -0.25) is 0 Å². The number of ketones is 1. The molecule has 0 bridgehead atoms. The molecule has 126 valence electrons. The van der Waals surface area contributed by atoms with Crippen LogP contribution in [-0.4, -0.2) is 5.78 Å². The molecule has 2 atom stereocenters. The molecule has 0 saturated heterocycles. The van der Waals surface area contributed by atoms with E-state index in [4.69, 9.17) is 0 Å². The van der Waals surface area contributed by atoms with E-state index in [2.05, 4.69) is 20.8 Å². The van der Waals surface area contributed by atoms with Crippen molar-refractivity contribution in [3.63, 3.8) is 0 Å². The van der Waals surface area contributed by atoms with Crippen molar-refractivity contribution in [3.05, 3.63) is 0 Å². The molecule has 0 unspecified atom stereocenters. The zero-order valence-electron chi connectivity index (χ0n) is 15.3. The highest BCUT2D eigenvalue weighted by molar-refractivity contribution is 5.75. The second-order valence-corrected chi connectivity index (χ2v) is 7.29. The van der Waals surface area contributed by atoms with Crippen molar-refractivity contribution in [3.8, 4) is 0 Å². The number of carbonyl (C=O) groups is 1. The van der Waals surface area contributed by atoms with Gasteiger partial charge in [-0.25, -0.2) is 0 Å². The molecule has 0 rings (SSSR count). The quantitative estimate of drug-likeness (QED) is 0.299. The maximum atomic E-state index is 10.9. The molecule has 0 radical (unpaired) electrons. The highest BCUT2D eigenvalue weighted by Gasteiger charge is 2.04. The van der Waals surface area contributed by atoms with E-state index in [-0.39, 0.29) is 0 Å². The second kappa shape index (κ2) is 14.6. The summed E-state index contributed by atoms with van der Waals surface area (Å²) in [4.78, 5) is 10.9. The lowest BCUT2D eigenvalue weighted by Gasteiger charge is -2.11. The Labute approximate surface area is 134 Å². The standard InChI is InChI=1S/C20H40O/c1-5-6-13-18(2)14-10-8-7-9-11-15-19(3)16-12-17-20(4)21/h18-19H,5-17H2,1-4H3/t18-,19+/m1/s1. The maximum Gasteiger partial charge on any atom is 0.129 e. The van der Waals surface area contributed by atoms with E-state index >= 15 is 0 Å². The van der Waals surface area contributed by atoms with Gasteiger partial charge in [-0.15, -0.1) is 0 Å². The average Bonchev–Trinajstić information content (AvgIpc) is 2.43. The Kier molecular flexibility index (Phi) is 14.4. The fourth-order valence-electron chi connectivity index (χ4n) is 3.06. The summed E-state index contributed by atoms with van der Waals surface area (Å²) in [6, 6.07) is 0. The SMILES string of the molecule is CCCC[C@@H](C)CCCCCCC[C@H](C)CCCC(C)=O. The lowest BCUT2D eigenvalue weighted by atomic mass is 9.95. The maximum absolute atomic E-state index is 10.9. The van der Waals surface area contributed by atoms with E-state index in [0.717, 1.165) is 24.7 Å². The molecule has 21 heavy (non-hydrogen) atoms. The normalized spacial score (nSPS) is 14.1. The first-order chi connectivity index (χ1) is 10.1. The number of rotatable bonds is 15. The Morgan fingerprint density at radius 1 is 0.714 bits per heavy atom. The van der Waals surface area contributed by atoms with Gasteiger partial charge in [0.2, 0.25) is 0 Å². The van der Waals surface area contributed by atoms with Crippen molar-refractivity contribution in [1.82, 2.24) is 0 Å². The Morgan fingerprint density at radius 2 is 1.14 bits per heavy atom. The Balaban J connectivity index is 3.26. The molecule has 0 aliphatic carbocycles. The van der Waals surface area contributed by atoms with Gasteiger partial charge < -0.3 is 4.79 Å². The summed E-state index contributed by atoms with van der Waals surface area (Å²) >= 11 is 0. The minimum Gasteiger partial charge on any atom is -0.300 e. The number of hydrogen-bond acceptors (Lipinski definition) is 1. The van der Waals surface area contributed by atoms with Gasteiger partial charge in [0, 0.05) is 6.42 Å². The van der Waals surface area contributed by atoms with Crippen LogP contribution in [0.25, 0.3) is 0 Å². The fraction of sp³-hybridized carbons (Fsp3) is 0.950. The minimum atomic E-state index is 0.343. The zero-order valence-corrected chi connectivity index (χ0v) is 15.3. The molecule has 0 amide bonds. The van der Waals surface area contributed by atoms with Gasteiger partial charge >= 0.3 is 0 Å². The molecular weight excluding hydrogens is 256 g/mol. The third kappa shape index (κ3) is 15.9. The van der Waals surface area contributed by atoms with Crippen molar-refractivity contribution >= 4 is 5.78 Å². The Morgan fingerprint density at radius 3 is 1.62 bits per heavy atom. The van der Waals surface area contributed by atoms with Gasteiger partial charge in [-0.2, -0.15) is 0 Å². The summed E-state index contributed by atoms with van der Waals surface area (Å²) in [5, 5.41) is 0. The third-order valence-corrected chi connectivity index (χ3v) is 4.67. The largest absolute Gasteiger partial charge is 0.300 e. The number of hydrogen-bond donors (Lipinski definition) is 0. The molecule has 0 aliphatic heterocycles. The summed E-state index contributed by atoms with van der Waals surface area (Å²) in [5.74, 6) is 2.08. The van der Waals surface area contributed by atoms with Crippen LogP contribution in [-0.2, 0) is 4.79 Å². The average molecular weight is 297 g/mol. The number of unbranched alkanes of at least 4 members (excludes halogenated alkanes) is 5. The van der Waals surface area contributed by atoms with E-state index in [1.54, 1.807) is 6.92 Å². The molecule has 0 saturated carbocycles. The van der Waals surface area contributed by atoms with Crippen molar-refractivity contribution in [2.45, 2.75) is 111 Å². The molecule has 0 spiro atoms. The van der Waals surface area contributed by atoms with Gasteiger partial charge in [0.1, 0.15) is 5.78 Å². The molecule has 0 aliphatic rings.